The predicted molar refractivity (Wildman–Crippen MR) is 65.5 cm³/mol. The maximum atomic E-state index is 11.5. The molecule has 17 heavy (non-hydrogen) atoms. The van der Waals surface area contributed by atoms with E-state index < -0.39 is 0 Å². The van der Waals surface area contributed by atoms with Gasteiger partial charge >= 0.3 is 0 Å². The molecule has 1 aliphatic rings. The van der Waals surface area contributed by atoms with E-state index in [9.17, 15) is 9.59 Å². The summed E-state index contributed by atoms with van der Waals surface area (Å²) in [4.78, 5) is 22.1. The average molecular weight is 240 g/mol. The van der Waals surface area contributed by atoms with Crippen LogP contribution in [0.1, 0.15) is 32.6 Å². The molecule has 97 valence electrons. The SMILES string of the molecule is CC(=O)NCCNC(=O)CCC1CCC[N]C1. The van der Waals surface area contributed by atoms with Gasteiger partial charge < -0.3 is 10.6 Å². The van der Waals surface area contributed by atoms with Crippen LogP contribution in [-0.2, 0) is 9.59 Å². The zero-order valence-corrected chi connectivity index (χ0v) is 10.5. The van der Waals surface area contributed by atoms with Gasteiger partial charge in [0.15, 0.2) is 0 Å². The Kier molecular flexibility index (Phi) is 6.62. The lowest BCUT2D eigenvalue weighted by Gasteiger charge is -2.20. The number of piperidine rings is 1. The largest absolute Gasteiger partial charge is 0.355 e. The van der Waals surface area contributed by atoms with Crippen LogP contribution in [0, 0.1) is 5.92 Å². The van der Waals surface area contributed by atoms with Gasteiger partial charge in [-0.2, -0.15) is 0 Å². The highest BCUT2D eigenvalue weighted by Gasteiger charge is 2.14. The molecule has 5 nitrogen and oxygen atoms in total. The average Bonchev–Trinajstić information content (AvgIpc) is 2.33. The van der Waals surface area contributed by atoms with Gasteiger partial charge in [-0.05, 0) is 25.2 Å². The number of hydrogen-bond acceptors (Lipinski definition) is 2. The van der Waals surface area contributed by atoms with Crippen LogP contribution >= 0.6 is 0 Å². The van der Waals surface area contributed by atoms with Crippen LogP contribution in [0.2, 0.25) is 0 Å². The van der Waals surface area contributed by atoms with Gasteiger partial charge in [0.1, 0.15) is 0 Å². The molecule has 2 N–H and O–H groups in total. The molecule has 0 spiro atoms. The first-order chi connectivity index (χ1) is 8.18. The summed E-state index contributed by atoms with van der Waals surface area (Å²) in [5.41, 5.74) is 0. The van der Waals surface area contributed by atoms with Gasteiger partial charge in [0.2, 0.25) is 11.8 Å². The molecule has 1 atom stereocenters. The Balaban J connectivity index is 1.98. The van der Waals surface area contributed by atoms with E-state index in [4.69, 9.17) is 0 Å². The fourth-order valence-corrected chi connectivity index (χ4v) is 1.96. The Morgan fingerprint density at radius 1 is 1.29 bits per heavy atom. The van der Waals surface area contributed by atoms with E-state index in [1.165, 1.54) is 13.3 Å². The van der Waals surface area contributed by atoms with E-state index in [0.717, 1.165) is 25.9 Å². The topological polar surface area (TPSA) is 72.3 Å². The molecule has 1 heterocycles. The summed E-state index contributed by atoms with van der Waals surface area (Å²) in [6.45, 7) is 4.38. The number of nitrogens with one attached hydrogen (secondary N) is 2. The second-order valence-corrected chi connectivity index (χ2v) is 4.51. The van der Waals surface area contributed by atoms with Gasteiger partial charge in [-0.15, -0.1) is 0 Å². The molecule has 1 saturated heterocycles. The number of rotatable bonds is 6. The molecule has 2 amide bonds. The molecule has 0 saturated carbocycles. The molecule has 0 aromatic rings. The molecule has 1 fully saturated rings. The molecule has 0 bridgehead atoms. The zero-order valence-electron chi connectivity index (χ0n) is 10.5. The predicted octanol–water partition coefficient (Wildman–Crippen LogP) is 0.0333. The van der Waals surface area contributed by atoms with Gasteiger partial charge in [0.05, 0.1) is 0 Å². The monoisotopic (exact) mass is 240 g/mol. The number of amides is 2. The Morgan fingerprint density at radius 2 is 2.06 bits per heavy atom. The summed E-state index contributed by atoms with van der Waals surface area (Å²) in [5, 5.41) is 9.78. The highest BCUT2D eigenvalue weighted by atomic mass is 16.2. The van der Waals surface area contributed by atoms with Gasteiger partial charge in [-0.25, -0.2) is 5.32 Å². The van der Waals surface area contributed by atoms with Gasteiger partial charge in [0, 0.05) is 39.5 Å². The van der Waals surface area contributed by atoms with Crippen molar-refractivity contribution in [1.29, 1.82) is 0 Å². The molecule has 1 unspecified atom stereocenters. The third kappa shape index (κ3) is 6.94. The number of nitrogens with zero attached hydrogens (tertiary/aromatic N) is 1. The summed E-state index contributed by atoms with van der Waals surface area (Å²) in [6.07, 6.45) is 3.85. The maximum absolute atomic E-state index is 11.5. The van der Waals surface area contributed by atoms with Crippen molar-refractivity contribution in [2.24, 2.45) is 5.92 Å². The zero-order chi connectivity index (χ0) is 12.5. The van der Waals surface area contributed by atoms with Crippen molar-refractivity contribution >= 4 is 11.8 Å². The fraction of sp³-hybridized carbons (Fsp3) is 0.833. The minimum atomic E-state index is -0.0666. The molecule has 0 aliphatic carbocycles. The van der Waals surface area contributed by atoms with Crippen molar-refractivity contribution < 1.29 is 9.59 Å². The smallest absolute Gasteiger partial charge is 0.220 e. The van der Waals surface area contributed by atoms with E-state index >= 15 is 0 Å². The molecule has 5 heteroatoms. The summed E-state index contributed by atoms with van der Waals surface area (Å²) >= 11 is 0. The van der Waals surface area contributed by atoms with Crippen molar-refractivity contribution in [1.82, 2.24) is 16.0 Å². The number of carbonyl (C=O) groups excluding carboxylic acids is 2. The third-order valence-electron chi connectivity index (χ3n) is 2.92. The van der Waals surface area contributed by atoms with Crippen LogP contribution < -0.4 is 16.0 Å². The van der Waals surface area contributed by atoms with E-state index in [0.29, 0.717) is 25.4 Å². The molecule has 0 aromatic carbocycles. The maximum Gasteiger partial charge on any atom is 0.220 e. The molecule has 1 radical (unpaired) electrons. The molecule has 0 aromatic heterocycles. The van der Waals surface area contributed by atoms with Gasteiger partial charge in [0.25, 0.3) is 0 Å². The van der Waals surface area contributed by atoms with Gasteiger partial charge in [-0.3, -0.25) is 9.59 Å². The van der Waals surface area contributed by atoms with Crippen LogP contribution in [0.3, 0.4) is 0 Å². The van der Waals surface area contributed by atoms with Crippen LogP contribution in [0.5, 0.6) is 0 Å². The lowest BCUT2D eigenvalue weighted by molar-refractivity contribution is -0.122. The van der Waals surface area contributed by atoms with E-state index in [1.54, 1.807) is 0 Å². The molecular formula is C12H22N3O2. The number of hydrogen-bond donors (Lipinski definition) is 2. The van der Waals surface area contributed by atoms with E-state index in [-0.39, 0.29) is 11.8 Å². The minimum Gasteiger partial charge on any atom is -0.355 e. The van der Waals surface area contributed by atoms with Crippen molar-refractivity contribution in [2.45, 2.75) is 32.6 Å². The lowest BCUT2D eigenvalue weighted by atomic mass is 9.94. The van der Waals surface area contributed by atoms with Crippen molar-refractivity contribution in [2.75, 3.05) is 26.2 Å². The first kappa shape index (κ1) is 14.0. The summed E-state index contributed by atoms with van der Waals surface area (Å²) < 4.78 is 0. The summed E-state index contributed by atoms with van der Waals surface area (Å²) in [7, 11) is 0. The van der Waals surface area contributed by atoms with Crippen LogP contribution in [-0.4, -0.2) is 38.0 Å². The quantitative estimate of drug-likeness (QED) is 0.643. The molecule has 1 rings (SSSR count). The van der Waals surface area contributed by atoms with Crippen LogP contribution in [0.15, 0.2) is 0 Å². The van der Waals surface area contributed by atoms with Crippen molar-refractivity contribution in [3.05, 3.63) is 0 Å². The van der Waals surface area contributed by atoms with Crippen LogP contribution in [0.4, 0.5) is 0 Å². The second-order valence-electron chi connectivity index (χ2n) is 4.51. The lowest BCUT2D eigenvalue weighted by Crippen LogP contribution is -2.34. The highest BCUT2D eigenvalue weighted by molar-refractivity contribution is 5.76. The summed E-state index contributed by atoms with van der Waals surface area (Å²) in [6, 6.07) is 0. The van der Waals surface area contributed by atoms with Gasteiger partial charge in [-0.1, -0.05) is 0 Å². The fourth-order valence-electron chi connectivity index (χ4n) is 1.96. The Labute approximate surface area is 103 Å². The molecular weight excluding hydrogens is 218 g/mol. The summed E-state index contributed by atoms with van der Waals surface area (Å²) in [5.74, 6) is 0.592. The highest BCUT2D eigenvalue weighted by Crippen LogP contribution is 2.16. The van der Waals surface area contributed by atoms with Crippen molar-refractivity contribution in [3.8, 4) is 0 Å². The van der Waals surface area contributed by atoms with E-state index in [1.807, 2.05) is 0 Å². The third-order valence-corrected chi connectivity index (χ3v) is 2.92. The normalized spacial score (nSPS) is 19.7. The van der Waals surface area contributed by atoms with Crippen LogP contribution in [0.25, 0.3) is 0 Å². The first-order valence-electron chi connectivity index (χ1n) is 6.33. The van der Waals surface area contributed by atoms with E-state index in [2.05, 4.69) is 16.0 Å². The van der Waals surface area contributed by atoms with Crippen molar-refractivity contribution in [3.63, 3.8) is 0 Å². The first-order valence-corrected chi connectivity index (χ1v) is 6.33. The Hall–Kier alpha value is -1.10. The minimum absolute atomic E-state index is 0.0666. The number of carbonyl (C=O) groups is 2. The molecule has 1 aliphatic heterocycles. The standard InChI is InChI=1S/C12H22N3O2/c1-10(16)14-7-8-15-12(17)5-4-11-3-2-6-13-9-11/h11H,2-9H2,1H3,(H,14,16)(H,15,17). The Bertz CT molecular complexity index is 250. The Morgan fingerprint density at radius 3 is 2.71 bits per heavy atom. The second kappa shape index (κ2) is 8.06.